The lowest BCUT2D eigenvalue weighted by Gasteiger charge is -2.13. The number of nitrogens with one attached hydrogen (secondary N) is 2. The fraction of sp³-hybridized carbons (Fsp3) is 0.267. The monoisotopic (exact) mass is 319 g/mol. The van der Waals surface area contributed by atoms with Gasteiger partial charge < -0.3 is 14.5 Å². The third-order valence-corrected chi connectivity index (χ3v) is 3.21. The first-order chi connectivity index (χ1) is 11.0. The molecule has 8 nitrogen and oxygen atoms in total. The van der Waals surface area contributed by atoms with Crippen LogP contribution in [0.1, 0.15) is 18.7 Å². The van der Waals surface area contributed by atoms with Crippen molar-refractivity contribution < 1.29 is 18.9 Å². The Bertz CT molecular complexity index is 684. The standard InChI is InChI=1S/C15H17N3O5/c1-10(13-4-3-7-23-13)16-9-15(19)17-12-8-11(18(20)21)5-6-14(12)22-2/h3-8,10,16H,9H2,1-2H3,(H,17,19)/t10-/m0/s1. The molecular weight excluding hydrogens is 302 g/mol. The molecule has 0 bridgehead atoms. The number of nitro groups is 1. The smallest absolute Gasteiger partial charge is 0.271 e. The van der Waals surface area contributed by atoms with Gasteiger partial charge in [0.05, 0.1) is 36.6 Å². The van der Waals surface area contributed by atoms with Crippen LogP contribution in [0.3, 0.4) is 0 Å². The highest BCUT2D eigenvalue weighted by Gasteiger charge is 2.15. The number of non-ortho nitro benzene ring substituents is 1. The van der Waals surface area contributed by atoms with Gasteiger partial charge in [-0.1, -0.05) is 0 Å². The van der Waals surface area contributed by atoms with Crippen molar-refractivity contribution in [3.63, 3.8) is 0 Å². The van der Waals surface area contributed by atoms with Gasteiger partial charge in [-0.15, -0.1) is 0 Å². The van der Waals surface area contributed by atoms with Crippen LogP contribution in [0.5, 0.6) is 5.75 Å². The zero-order valence-corrected chi connectivity index (χ0v) is 12.7. The Labute approximate surface area is 132 Å². The minimum atomic E-state index is -0.535. The second-order valence-corrected chi connectivity index (χ2v) is 4.81. The molecule has 0 spiro atoms. The summed E-state index contributed by atoms with van der Waals surface area (Å²) in [6.07, 6.45) is 1.56. The lowest BCUT2D eigenvalue weighted by atomic mass is 10.2. The fourth-order valence-corrected chi connectivity index (χ4v) is 1.99. The predicted octanol–water partition coefficient (Wildman–Crippen LogP) is 2.49. The molecule has 0 aliphatic carbocycles. The first-order valence-electron chi connectivity index (χ1n) is 6.90. The Morgan fingerprint density at radius 3 is 2.83 bits per heavy atom. The molecule has 0 fully saturated rings. The van der Waals surface area contributed by atoms with Gasteiger partial charge in [0.2, 0.25) is 5.91 Å². The molecule has 0 unspecified atom stereocenters. The average molecular weight is 319 g/mol. The Kier molecular flexibility index (Phi) is 5.32. The molecule has 0 radical (unpaired) electrons. The molecule has 2 aromatic rings. The van der Waals surface area contributed by atoms with E-state index in [2.05, 4.69) is 10.6 Å². The molecular formula is C15H17N3O5. The lowest BCUT2D eigenvalue weighted by Crippen LogP contribution is -2.30. The van der Waals surface area contributed by atoms with E-state index in [0.717, 1.165) is 0 Å². The SMILES string of the molecule is COc1ccc([N+](=O)[O-])cc1NC(=O)CN[C@@H](C)c1ccco1. The molecule has 0 saturated heterocycles. The van der Waals surface area contributed by atoms with Crippen molar-refractivity contribution >= 4 is 17.3 Å². The number of rotatable bonds is 7. The van der Waals surface area contributed by atoms with Crippen LogP contribution in [0.2, 0.25) is 0 Å². The molecule has 1 heterocycles. The van der Waals surface area contributed by atoms with E-state index in [1.807, 2.05) is 6.92 Å². The summed E-state index contributed by atoms with van der Waals surface area (Å²) in [6.45, 7) is 1.88. The van der Waals surface area contributed by atoms with E-state index in [0.29, 0.717) is 11.5 Å². The number of carbonyl (C=O) groups is 1. The van der Waals surface area contributed by atoms with E-state index >= 15 is 0 Å². The number of amides is 1. The van der Waals surface area contributed by atoms with Gasteiger partial charge in [-0.3, -0.25) is 20.2 Å². The van der Waals surface area contributed by atoms with Crippen LogP contribution in [-0.2, 0) is 4.79 Å². The molecule has 0 saturated carbocycles. The van der Waals surface area contributed by atoms with Crippen molar-refractivity contribution in [1.29, 1.82) is 0 Å². The third kappa shape index (κ3) is 4.30. The summed E-state index contributed by atoms with van der Waals surface area (Å²) in [4.78, 5) is 22.3. The van der Waals surface area contributed by atoms with Crippen molar-refractivity contribution in [2.24, 2.45) is 0 Å². The van der Waals surface area contributed by atoms with Gasteiger partial charge in [0.25, 0.3) is 5.69 Å². The van der Waals surface area contributed by atoms with Crippen LogP contribution in [0.15, 0.2) is 41.0 Å². The number of ether oxygens (including phenoxy) is 1. The molecule has 2 rings (SSSR count). The Morgan fingerprint density at radius 1 is 1.43 bits per heavy atom. The second kappa shape index (κ2) is 7.41. The largest absolute Gasteiger partial charge is 0.495 e. The summed E-state index contributed by atoms with van der Waals surface area (Å²) < 4.78 is 10.3. The number of nitro benzene ring substituents is 1. The lowest BCUT2D eigenvalue weighted by molar-refractivity contribution is -0.384. The highest BCUT2D eigenvalue weighted by Crippen LogP contribution is 2.28. The number of hydrogen-bond acceptors (Lipinski definition) is 6. The topological polar surface area (TPSA) is 107 Å². The summed E-state index contributed by atoms with van der Waals surface area (Å²) in [5.74, 6) is 0.718. The van der Waals surface area contributed by atoms with Crippen molar-refractivity contribution in [2.75, 3.05) is 19.0 Å². The number of anilines is 1. The van der Waals surface area contributed by atoms with Crippen LogP contribution in [0.4, 0.5) is 11.4 Å². The quantitative estimate of drug-likeness (QED) is 0.600. The van der Waals surface area contributed by atoms with Crippen molar-refractivity contribution in [2.45, 2.75) is 13.0 Å². The molecule has 23 heavy (non-hydrogen) atoms. The second-order valence-electron chi connectivity index (χ2n) is 4.81. The Hall–Kier alpha value is -2.87. The van der Waals surface area contributed by atoms with Crippen molar-refractivity contribution in [3.05, 3.63) is 52.5 Å². The number of carbonyl (C=O) groups excluding carboxylic acids is 1. The van der Waals surface area contributed by atoms with Gasteiger partial charge in [0.1, 0.15) is 11.5 Å². The first kappa shape index (κ1) is 16.5. The minimum absolute atomic E-state index is 0.0215. The maximum Gasteiger partial charge on any atom is 0.271 e. The zero-order valence-electron chi connectivity index (χ0n) is 12.7. The molecule has 1 amide bonds. The van der Waals surface area contributed by atoms with E-state index in [4.69, 9.17) is 9.15 Å². The van der Waals surface area contributed by atoms with Crippen LogP contribution < -0.4 is 15.4 Å². The Morgan fingerprint density at radius 2 is 2.22 bits per heavy atom. The fourth-order valence-electron chi connectivity index (χ4n) is 1.99. The third-order valence-electron chi connectivity index (χ3n) is 3.21. The van der Waals surface area contributed by atoms with Gasteiger partial charge in [-0.25, -0.2) is 0 Å². The normalized spacial score (nSPS) is 11.7. The summed E-state index contributed by atoms with van der Waals surface area (Å²) in [5, 5.41) is 16.4. The summed E-state index contributed by atoms with van der Waals surface area (Å²) in [7, 11) is 1.42. The minimum Gasteiger partial charge on any atom is -0.495 e. The molecule has 1 aromatic heterocycles. The van der Waals surface area contributed by atoms with Gasteiger partial charge in [0.15, 0.2) is 0 Å². The number of hydrogen-bond donors (Lipinski definition) is 2. The molecule has 0 aliphatic heterocycles. The van der Waals surface area contributed by atoms with Crippen molar-refractivity contribution in [3.8, 4) is 5.75 Å². The predicted molar refractivity (Wildman–Crippen MR) is 83.4 cm³/mol. The zero-order chi connectivity index (χ0) is 16.8. The highest BCUT2D eigenvalue weighted by molar-refractivity contribution is 5.94. The average Bonchev–Trinajstić information content (AvgIpc) is 3.07. The maximum atomic E-state index is 12.0. The van der Waals surface area contributed by atoms with E-state index in [1.165, 1.54) is 25.3 Å². The number of benzene rings is 1. The van der Waals surface area contributed by atoms with Crippen LogP contribution in [0, 0.1) is 10.1 Å². The molecule has 1 atom stereocenters. The van der Waals surface area contributed by atoms with E-state index in [9.17, 15) is 14.9 Å². The molecule has 122 valence electrons. The first-order valence-corrected chi connectivity index (χ1v) is 6.90. The van der Waals surface area contributed by atoms with Gasteiger partial charge in [-0.05, 0) is 25.1 Å². The molecule has 2 N–H and O–H groups in total. The van der Waals surface area contributed by atoms with Crippen LogP contribution in [0.25, 0.3) is 0 Å². The van der Waals surface area contributed by atoms with Crippen molar-refractivity contribution in [1.82, 2.24) is 5.32 Å². The Balaban J connectivity index is 1.99. The summed E-state index contributed by atoms with van der Waals surface area (Å²) >= 11 is 0. The number of furan rings is 1. The van der Waals surface area contributed by atoms with Crippen LogP contribution >= 0.6 is 0 Å². The van der Waals surface area contributed by atoms with Crippen LogP contribution in [-0.4, -0.2) is 24.5 Å². The van der Waals surface area contributed by atoms with Gasteiger partial charge in [0, 0.05) is 12.1 Å². The number of nitrogens with zero attached hydrogens (tertiary/aromatic N) is 1. The maximum absolute atomic E-state index is 12.0. The van der Waals surface area contributed by atoms with Gasteiger partial charge in [-0.2, -0.15) is 0 Å². The van der Waals surface area contributed by atoms with E-state index < -0.39 is 4.92 Å². The summed E-state index contributed by atoms with van der Waals surface area (Å²) in [5.41, 5.74) is 0.122. The van der Waals surface area contributed by atoms with E-state index in [-0.39, 0.29) is 29.9 Å². The van der Waals surface area contributed by atoms with E-state index in [1.54, 1.807) is 18.4 Å². The molecule has 8 heteroatoms. The van der Waals surface area contributed by atoms with Gasteiger partial charge >= 0.3 is 0 Å². The number of methoxy groups -OCH3 is 1. The molecule has 1 aromatic carbocycles. The summed E-state index contributed by atoms with van der Waals surface area (Å²) in [6, 6.07) is 7.44. The highest BCUT2D eigenvalue weighted by atomic mass is 16.6. The molecule has 0 aliphatic rings.